The number of benzene rings is 4. The van der Waals surface area contributed by atoms with Gasteiger partial charge < -0.3 is 47.4 Å². The lowest BCUT2D eigenvalue weighted by molar-refractivity contribution is -0.223. The molecule has 0 N–H and O–H groups in total. The van der Waals surface area contributed by atoms with Crippen molar-refractivity contribution in [2.75, 3.05) is 13.2 Å². The van der Waals surface area contributed by atoms with Gasteiger partial charge in [0.05, 0.1) is 28.7 Å². The highest BCUT2D eigenvalue weighted by molar-refractivity contribution is 6.35. The van der Waals surface area contributed by atoms with Crippen LogP contribution in [0.4, 0.5) is 0 Å². The zero-order chi connectivity index (χ0) is 66.3. The smallest absolute Gasteiger partial charge is 0.303 e. The van der Waals surface area contributed by atoms with Crippen molar-refractivity contribution in [3.05, 3.63) is 139 Å². The molecule has 4 aromatic rings. The Morgan fingerprint density at radius 2 is 0.656 bits per heavy atom. The van der Waals surface area contributed by atoms with Crippen LogP contribution >= 0.6 is 23.2 Å². The quantitative estimate of drug-likeness (QED) is 0.0454. The maximum absolute atomic E-state index is 13.6. The van der Waals surface area contributed by atoms with Gasteiger partial charge in [-0.15, -0.1) is 0 Å². The second kappa shape index (κ2) is 33.1. The van der Waals surface area contributed by atoms with Crippen molar-refractivity contribution >= 4 is 100 Å². The number of ether oxygens (including phenoxy) is 10. The Bertz CT molecular complexity index is 3360. The third-order valence-corrected chi connectivity index (χ3v) is 14.9. The number of hydrogen-bond acceptors (Lipinski definition) is 23. The summed E-state index contributed by atoms with van der Waals surface area (Å²) >= 11 is 13.1. The van der Waals surface area contributed by atoms with E-state index in [4.69, 9.17) is 70.6 Å². The molecule has 0 heterocycles. The summed E-state index contributed by atoms with van der Waals surface area (Å²) in [5, 5.41) is 0.480. The molecule has 0 aliphatic heterocycles. The van der Waals surface area contributed by atoms with Crippen LogP contribution in [-0.4, -0.2) is 139 Å². The van der Waals surface area contributed by atoms with E-state index in [2.05, 4.69) is 0 Å². The predicted octanol–water partition coefficient (Wildman–Crippen LogP) is 8.55. The molecule has 0 radical (unpaired) electrons. The van der Waals surface area contributed by atoms with E-state index in [1.807, 2.05) is 0 Å². The van der Waals surface area contributed by atoms with Crippen molar-refractivity contribution in [1.82, 2.24) is 0 Å². The summed E-state index contributed by atoms with van der Waals surface area (Å²) in [4.78, 5) is 160. The van der Waals surface area contributed by atoms with Gasteiger partial charge in [-0.05, 0) is 60.7 Å². The maximum Gasteiger partial charge on any atom is 0.303 e. The van der Waals surface area contributed by atoms with Gasteiger partial charge in [-0.1, -0.05) is 97.4 Å². The van der Waals surface area contributed by atoms with E-state index in [0.29, 0.717) is 33.7 Å². The number of carbonyl (C=O) groups is 13. The first kappa shape index (κ1) is 73.6. The van der Waals surface area contributed by atoms with E-state index < -0.39 is 145 Å². The van der Waals surface area contributed by atoms with Crippen LogP contribution in [0.5, 0.6) is 0 Å². The molecule has 0 unspecified atom stereocenters. The zero-order valence-corrected chi connectivity index (χ0v) is 52.3. The monoisotopic (exact) mass is 1290 g/mol. The first-order valence-corrected chi connectivity index (χ1v) is 28.5. The fraction of sp³-hybridized carbons (Fsp3) is 0.431. The van der Waals surface area contributed by atoms with E-state index in [-0.39, 0.29) is 47.3 Å². The second-order valence-corrected chi connectivity index (χ2v) is 21.9. The van der Waals surface area contributed by atoms with E-state index in [1.54, 1.807) is 42.5 Å². The molecule has 0 saturated heterocycles. The highest BCUT2D eigenvalue weighted by atomic mass is 35.5. The van der Waals surface area contributed by atoms with Crippen molar-refractivity contribution in [1.29, 1.82) is 0 Å². The third-order valence-electron chi connectivity index (χ3n) is 14.2. The number of rotatable bonds is 20. The number of hydrogen-bond donors (Lipinski definition) is 0. The van der Waals surface area contributed by atoms with Crippen LogP contribution in [0.3, 0.4) is 0 Å². The van der Waals surface area contributed by atoms with E-state index >= 15 is 0 Å². The zero-order valence-electron chi connectivity index (χ0n) is 50.8. The van der Waals surface area contributed by atoms with Crippen LogP contribution in [0.15, 0.2) is 84.9 Å². The van der Waals surface area contributed by atoms with Gasteiger partial charge in [-0.25, -0.2) is 0 Å². The molecule has 6 rings (SSSR count). The molecule has 2 saturated carbocycles. The summed E-state index contributed by atoms with van der Waals surface area (Å²) in [5.74, 6) is -12.6. The lowest BCUT2D eigenvalue weighted by Gasteiger charge is -2.48. The van der Waals surface area contributed by atoms with E-state index in [9.17, 15) is 62.3 Å². The molecule has 12 atom stereocenters. The van der Waals surface area contributed by atoms with Crippen molar-refractivity contribution < 1.29 is 110 Å². The van der Waals surface area contributed by atoms with Crippen LogP contribution < -0.4 is 0 Å². The highest BCUT2D eigenvalue weighted by Crippen LogP contribution is 2.47. The Hall–Kier alpha value is -8.83. The number of Topliss-reactive ketones (excluding diaryl/α,β-unsaturated/α-hetero) is 2. The molecule has 0 spiro atoms. The Labute approximate surface area is 529 Å². The minimum Gasteiger partial charge on any atom is -0.465 e. The predicted molar refractivity (Wildman–Crippen MR) is 319 cm³/mol. The molecular weight excluding hydrogens is 1220 g/mol. The van der Waals surface area contributed by atoms with Crippen molar-refractivity contribution in [3.63, 3.8) is 0 Å². The summed E-state index contributed by atoms with van der Waals surface area (Å²) in [6.07, 6.45) is -10.4. The van der Waals surface area contributed by atoms with Crippen LogP contribution in [0, 0.1) is 11.8 Å². The summed E-state index contributed by atoms with van der Waals surface area (Å²) < 4.78 is 55.7. The van der Waals surface area contributed by atoms with Crippen LogP contribution in [0.1, 0.15) is 161 Å². The lowest BCUT2D eigenvalue weighted by atomic mass is 9.70. The van der Waals surface area contributed by atoms with Crippen molar-refractivity contribution in [2.45, 2.75) is 158 Å². The van der Waals surface area contributed by atoms with Gasteiger partial charge in [0.25, 0.3) is 0 Å². The van der Waals surface area contributed by atoms with Gasteiger partial charge in [0.15, 0.2) is 54.0 Å². The van der Waals surface area contributed by atoms with Crippen LogP contribution in [0.25, 0.3) is 0 Å². The molecule has 25 heteroatoms. The SMILES string of the molecule is C.CC(=O)OC[C@@H]1[C@@H](OC(C)=O)[C@H](OC(C)=O)[C@@H](OC(C)=O)[C@H](c2ccc(Cl)c(C(=O)c3ccc(C(C)=O)cc3)c2)[C@H]1OC(C)=O.CC(=O)OC[C@@H]1[C@@H](OC(C)=O)[C@H](OC(C)=O)[C@@H](OC(C)=O)[C@H](c2ccc(Cl)c(Cc3ccc(C(C)=O)cc3)c2)[C@H]1OC(C)=O. The maximum atomic E-state index is 13.6. The van der Waals surface area contributed by atoms with Gasteiger partial charge in [0.1, 0.15) is 25.4 Å². The average molecular weight is 1290 g/mol. The minimum atomic E-state index is -1.46. The van der Waals surface area contributed by atoms with Gasteiger partial charge in [-0.2, -0.15) is 0 Å². The highest BCUT2D eigenvalue weighted by Gasteiger charge is 2.60. The van der Waals surface area contributed by atoms with Gasteiger partial charge in [-0.3, -0.25) is 62.3 Å². The molecule has 0 amide bonds. The molecule has 2 fully saturated rings. The molecule has 0 aromatic heterocycles. The summed E-state index contributed by atoms with van der Waals surface area (Å²) in [6, 6.07) is 22.4. The number of ketones is 3. The lowest BCUT2D eigenvalue weighted by Crippen LogP contribution is -2.62. The van der Waals surface area contributed by atoms with Crippen molar-refractivity contribution in [3.8, 4) is 0 Å². The Balaban J connectivity index is 0.000000380. The minimum absolute atomic E-state index is 0. The van der Waals surface area contributed by atoms with Gasteiger partial charge in [0, 0.05) is 96.5 Å². The molecule has 2 aliphatic rings. The normalized spacial score (nSPS) is 22.3. The molecule has 484 valence electrons. The summed E-state index contributed by atoms with van der Waals surface area (Å²) in [6.45, 7) is 13.4. The van der Waals surface area contributed by atoms with Gasteiger partial charge in [0.2, 0.25) is 0 Å². The topological polar surface area (TPSA) is 314 Å². The first-order chi connectivity index (χ1) is 41.8. The standard InChI is InChI=1S/C32H33ClO12.C32H35ClO11.CH4/c1-15(34)21-7-9-22(10-8-21)28(40)24-13-23(11-12-26(24)33)27-29(42-17(3)36)25(14-41-16(2)35)30(43-18(4)37)32(45-20(6)39)31(27)44-19(5)38;1-16(34)23-9-7-22(8-10-23)13-25-14-24(11-12-27(25)33)28-29(41-18(3)36)26(15-40-17(2)35)30(42-19(4)37)32(44-21(6)39)31(28)43-20(5)38;/h7-13,25,27,29-32H,14H2,1-6H3;7-12,14,26,28-32H,13,15H2,1-6H3;1H4/t25-,27+,29-,30+,31-,32-;26-,28+,29-,30+,31-,32-;/m00./s1. The largest absolute Gasteiger partial charge is 0.465 e. The average Bonchev–Trinajstić information content (AvgIpc) is 0.771. The van der Waals surface area contributed by atoms with E-state index in [1.165, 1.54) is 70.2 Å². The van der Waals surface area contributed by atoms with Gasteiger partial charge >= 0.3 is 59.7 Å². The fourth-order valence-corrected chi connectivity index (χ4v) is 11.2. The third kappa shape index (κ3) is 20.1. The Morgan fingerprint density at radius 3 is 1.01 bits per heavy atom. The van der Waals surface area contributed by atoms with Crippen molar-refractivity contribution in [2.24, 2.45) is 11.8 Å². The second-order valence-electron chi connectivity index (χ2n) is 21.1. The van der Waals surface area contributed by atoms with Crippen LogP contribution in [-0.2, 0) is 102 Å². The number of halogens is 2. The molecular formula is C65H72Cl2O23. The number of carbonyl (C=O) groups excluding carboxylic acids is 13. The molecule has 90 heavy (non-hydrogen) atoms. The van der Waals surface area contributed by atoms with Crippen LogP contribution in [0.2, 0.25) is 10.0 Å². The fourth-order valence-electron chi connectivity index (χ4n) is 10.8. The molecule has 0 bridgehead atoms. The number of esters is 10. The molecule has 2 aliphatic carbocycles. The summed E-state index contributed by atoms with van der Waals surface area (Å²) in [5.41, 5.74) is 3.48. The Morgan fingerprint density at radius 1 is 0.344 bits per heavy atom. The van der Waals surface area contributed by atoms with E-state index in [0.717, 1.165) is 61.0 Å². The molecule has 23 nitrogen and oxygen atoms in total. The Kier molecular flexibility index (Phi) is 27.1. The first-order valence-electron chi connectivity index (χ1n) is 27.8. The summed E-state index contributed by atoms with van der Waals surface area (Å²) in [7, 11) is 0. The molecule has 4 aromatic carbocycles.